The summed E-state index contributed by atoms with van der Waals surface area (Å²) in [7, 11) is 0. The highest BCUT2D eigenvalue weighted by Crippen LogP contribution is 2.16. The summed E-state index contributed by atoms with van der Waals surface area (Å²) in [6.45, 7) is 5.14. The monoisotopic (exact) mass is 226 g/mol. The Hall–Kier alpha value is -1.91. The van der Waals surface area contributed by atoms with Crippen LogP contribution in [0.15, 0.2) is 24.8 Å². The predicted octanol–water partition coefficient (Wildman–Crippen LogP) is 1.85. The second-order valence-corrected chi connectivity index (χ2v) is 3.35. The number of hydrogen-bond acceptors (Lipinski definition) is 2. The van der Waals surface area contributed by atoms with Crippen molar-refractivity contribution in [2.45, 2.75) is 13.0 Å². The van der Waals surface area contributed by atoms with E-state index >= 15 is 0 Å². The highest BCUT2D eigenvalue weighted by molar-refractivity contribution is 5.95. The number of hydrogen-bond donors (Lipinski definition) is 2. The summed E-state index contributed by atoms with van der Waals surface area (Å²) in [5.74, 6) is -2.48. The van der Waals surface area contributed by atoms with E-state index in [2.05, 4.69) is 11.9 Å². The number of halogens is 2. The fraction of sp³-hybridized carbons (Fsp3) is 0.182. The van der Waals surface area contributed by atoms with Gasteiger partial charge in [0.05, 0.1) is 11.3 Å². The second-order valence-electron chi connectivity index (χ2n) is 3.35. The molecule has 86 valence electrons. The van der Waals surface area contributed by atoms with Gasteiger partial charge in [0.25, 0.3) is 5.91 Å². The number of carbonyl (C=O) groups excluding carboxylic acids is 1. The number of anilines is 1. The first-order valence-corrected chi connectivity index (χ1v) is 4.63. The molecule has 0 heterocycles. The predicted molar refractivity (Wildman–Crippen MR) is 57.9 cm³/mol. The Morgan fingerprint density at radius 1 is 1.50 bits per heavy atom. The van der Waals surface area contributed by atoms with E-state index < -0.39 is 17.5 Å². The Balaban J connectivity index is 3.00. The summed E-state index contributed by atoms with van der Waals surface area (Å²) in [5, 5.41) is 2.46. The third-order valence-electron chi connectivity index (χ3n) is 2.04. The fourth-order valence-corrected chi connectivity index (χ4v) is 1.08. The molecule has 0 fully saturated rings. The van der Waals surface area contributed by atoms with Crippen molar-refractivity contribution in [3.8, 4) is 0 Å². The van der Waals surface area contributed by atoms with Crippen molar-refractivity contribution in [1.82, 2.24) is 5.32 Å². The minimum Gasteiger partial charge on any atom is -0.396 e. The lowest BCUT2D eigenvalue weighted by Crippen LogP contribution is -2.31. The molecule has 0 aliphatic carbocycles. The van der Waals surface area contributed by atoms with Crippen molar-refractivity contribution >= 4 is 11.6 Å². The van der Waals surface area contributed by atoms with Crippen molar-refractivity contribution in [2.24, 2.45) is 0 Å². The molecule has 1 aromatic carbocycles. The lowest BCUT2D eigenvalue weighted by atomic mass is 10.1. The summed E-state index contributed by atoms with van der Waals surface area (Å²) in [5.41, 5.74) is 4.70. The van der Waals surface area contributed by atoms with Crippen molar-refractivity contribution in [3.63, 3.8) is 0 Å². The Morgan fingerprint density at radius 3 is 2.69 bits per heavy atom. The molecule has 1 rings (SSSR count). The Bertz CT molecular complexity index is 432. The van der Waals surface area contributed by atoms with Crippen molar-refractivity contribution in [3.05, 3.63) is 42.0 Å². The van der Waals surface area contributed by atoms with Gasteiger partial charge in [0.15, 0.2) is 0 Å². The first-order chi connectivity index (χ1) is 7.45. The second kappa shape index (κ2) is 4.74. The molecule has 1 unspecified atom stereocenters. The number of rotatable bonds is 3. The van der Waals surface area contributed by atoms with Gasteiger partial charge in [-0.1, -0.05) is 6.08 Å². The van der Waals surface area contributed by atoms with E-state index in [4.69, 9.17) is 5.73 Å². The van der Waals surface area contributed by atoms with Crippen LogP contribution in [0.1, 0.15) is 17.3 Å². The number of nitrogen functional groups attached to an aromatic ring is 1. The van der Waals surface area contributed by atoms with Crippen LogP contribution >= 0.6 is 0 Å². The van der Waals surface area contributed by atoms with Gasteiger partial charge in [-0.3, -0.25) is 4.79 Å². The Kier molecular flexibility index (Phi) is 3.60. The van der Waals surface area contributed by atoms with Gasteiger partial charge in [0, 0.05) is 12.1 Å². The number of amides is 1. The highest BCUT2D eigenvalue weighted by atomic mass is 19.1. The van der Waals surface area contributed by atoms with E-state index in [0.717, 1.165) is 6.07 Å². The number of benzene rings is 1. The largest absolute Gasteiger partial charge is 0.396 e. The van der Waals surface area contributed by atoms with Crippen molar-refractivity contribution in [2.75, 3.05) is 5.73 Å². The third kappa shape index (κ3) is 2.56. The molecular formula is C11H12F2N2O. The van der Waals surface area contributed by atoms with Crippen LogP contribution in [0, 0.1) is 11.6 Å². The molecule has 16 heavy (non-hydrogen) atoms. The van der Waals surface area contributed by atoms with Gasteiger partial charge >= 0.3 is 0 Å². The van der Waals surface area contributed by atoms with E-state index in [0.29, 0.717) is 6.07 Å². The highest BCUT2D eigenvalue weighted by Gasteiger charge is 2.15. The maximum atomic E-state index is 13.3. The van der Waals surface area contributed by atoms with Crippen LogP contribution in [-0.2, 0) is 0 Å². The molecule has 1 amide bonds. The maximum Gasteiger partial charge on any atom is 0.254 e. The van der Waals surface area contributed by atoms with Gasteiger partial charge < -0.3 is 11.1 Å². The van der Waals surface area contributed by atoms with Crippen LogP contribution in [0.25, 0.3) is 0 Å². The summed E-state index contributed by atoms with van der Waals surface area (Å²) in [6.07, 6.45) is 1.49. The normalized spacial score (nSPS) is 11.9. The summed E-state index contributed by atoms with van der Waals surface area (Å²) in [4.78, 5) is 11.5. The zero-order chi connectivity index (χ0) is 12.3. The average Bonchev–Trinajstić information content (AvgIpc) is 2.23. The molecule has 0 saturated heterocycles. The van der Waals surface area contributed by atoms with E-state index in [1.165, 1.54) is 6.08 Å². The molecule has 3 nitrogen and oxygen atoms in total. The summed E-state index contributed by atoms with van der Waals surface area (Å²) >= 11 is 0. The molecular weight excluding hydrogens is 214 g/mol. The molecule has 0 aliphatic heterocycles. The maximum absolute atomic E-state index is 13.3. The summed E-state index contributed by atoms with van der Waals surface area (Å²) in [6, 6.07) is 1.25. The standard InChI is InChI=1S/C11H12F2N2O/c1-3-6(2)15-11(16)7-4-10(14)9(13)5-8(7)12/h3-6H,1,14H2,2H3,(H,15,16). The van der Waals surface area contributed by atoms with E-state index in [1.54, 1.807) is 6.92 Å². The molecule has 3 N–H and O–H groups in total. The lowest BCUT2D eigenvalue weighted by Gasteiger charge is -2.10. The third-order valence-corrected chi connectivity index (χ3v) is 2.04. The SMILES string of the molecule is C=CC(C)NC(=O)c1cc(N)c(F)cc1F. The van der Waals surface area contributed by atoms with E-state index in [-0.39, 0.29) is 17.3 Å². The molecule has 0 saturated carbocycles. The van der Waals surface area contributed by atoms with E-state index in [9.17, 15) is 13.6 Å². The quantitative estimate of drug-likeness (QED) is 0.610. The van der Waals surface area contributed by atoms with Crippen molar-refractivity contribution in [1.29, 1.82) is 0 Å². The van der Waals surface area contributed by atoms with Gasteiger partial charge in [0.1, 0.15) is 11.6 Å². The van der Waals surface area contributed by atoms with Crippen LogP contribution in [0.2, 0.25) is 0 Å². The zero-order valence-electron chi connectivity index (χ0n) is 8.76. The number of carbonyl (C=O) groups is 1. The molecule has 0 radical (unpaired) electrons. The van der Waals surface area contributed by atoms with Crippen LogP contribution < -0.4 is 11.1 Å². The lowest BCUT2D eigenvalue weighted by molar-refractivity contribution is 0.0943. The van der Waals surface area contributed by atoms with Crippen LogP contribution in [-0.4, -0.2) is 11.9 Å². The van der Waals surface area contributed by atoms with Crippen LogP contribution in [0.3, 0.4) is 0 Å². The molecule has 0 bridgehead atoms. The smallest absolute Gasteiger partial charge is 0.254 e. The first kappa shape index (κ1) is 12.2. The van der Waals surface area contributed by atoms with Gasteiger partial charge in [-0.05, 0) is 13.0 Å². The zero-order valence-corrected chi connectivity index (χ0v) is 8.76. The Labute approximate surface area is 91.9 Å². The molecule has 0 aliphatic rings. The van der Waals surface area contributed by atoms with Crippen LogP contribution in [0.5, 0.6) is 0 Å². The molecule has 5 heteroatoms. The molecule has 0 aromatic heterocycles. The van der Waals surface area contributed by atoms with Gasteiger partial charge in [-0.2, -0.15) is 0 Å². The topological polar surface area (TPSA) is 55.1 Å². The number of nitrogens with one attached hydrogen (secondary N) is 1. The number of nitrogens with two attached hydrogens (primary N) is 1. The van der Waals surface area contributed by atoms with Crippen LogP contribution in [0.4, 0.5) is 14.5 Å². The average molecular weight is 226 g/mol. The van der Waals surface area contributed by atoms with Gasteiger partial charge in [-0.15, -0.1) is 6.58 Å². The summed E-state index contributed by atoms with van der Waals surface area (Å²) < 4.78 is 26.1. The van der Waals surface area contributed by atoms with Crippen molar-refractivity contribution < 1.29 is 13.6 Å². The Morgan fingerprint density at radius 2 is 2.12 bits per heavy atom. The minimum absolute atomic E-state index is 0.266. The van der Waals surface area contributed by atoms with Gasteiger partial charge in [0.2, 0.25) is 0 Å². The van der Waals surface area contributed by atoms with E-state index in [1.807, 2.05) is 0 Å². The van der Waals surface area contributed by atoms with Gasteiger partial charge in [-0.25, -0.2) is 8.78 Å². The molecule has 1 atom stereocenters. The molecule has 1 aromatic rings. The molecule has 0 spiro atoms. The fourth-order valence-electron chi connectivity index (χ4n) is 1.08. The minimum atomic E-state index is -0.944. The first-order valence-electron chi connectivity index (χ1n) is 4.63.